The molecule has 1 unspecified atom stereocenters. The second kappa shape index (κ2) is 5.16. The highest BCUT2D eigenvalue weighted by molar-refractivity contribution is 6.03. The number of amides is 1. The molecule has 0 aliphatic rings. The quantitative estimate of drug-likeness (QED) is 0.861. The van der Waals surface area contributed by atoms with Crippen molar-refractivity contribution < 1.29 is 14.7 Å². The summed E-state index contributed by atoms with van der Waals surface area (Å²) in [6.45, 7) is 3.27. The fourth-order valence-electron chi connectivity index (χ4n) is 1.70. The summed E-state index contributed by atoms with van der Waals surface area (Å²) in [5.41, 5.74) is 1.44. The van der Waals surface area contributed by atoms with E-state index in [1.54, 1.807) is 24.9 Å². The predicted octanol–water partition coefficient (Wildman–Crippen LogP) is 0.823. The van der Waals surface area contributed by atoms with Crippen LogP contribution in [0.15, 0.2) is 18.5 Å². The first-order valence-corrected chi connectivity index (χ1v) is 5.98. The molecule has 2 aromatic rings. The monoisotopic (exact) mass is 277 g/mol. The molecule has 0 aliphatic carbocycles. The third-order valence-corrected chi connectivity index (χ3v) is 2.86. The minimum Gasteiger partial charge on any atom is -0.480 e. The van der Waals surface area contributed by atoms with Gasteiger partial charge >= 0.3 is 5.97 Å². The highest BCUT2D eigenvalue weighted by Crippen LogP contribution is 2.13. The van der Waals surface area contributed by atoms with E-state index in [9.17, 15) is 9.59 Å². The van der Waals surface area contributed by atoms with Gasteiger partial charge in [-0.05, 0) is 19.9 Å². The van der Waals surface area contributed by atoms with Gasteiger partial charge in [-0.1, -0.05) is 0 Å². The van der Waals surface area contributed by atoms with Crippen molar-refractivity contribution in [3.05, 3.63) is 29.8 Å². The van der Waals surface area contributed by atoms with Gasteiger partial charge in [0.05, 0.1) is 11.4 Å². The molecule has 2 rings (SSSR count). The smallest absolute Gasteiger partial charge is 0.328 e. The van der Waals surface area contributed by atoms with E-state index >= 15 is 0 Å². The van der Waals surface area contributed by atoms with E-state index in [4.69, 9.17) is 5.11 Å². The number of nitrogens with zero attached hydrogens (tertiary/aromatic N) is 4. The summed E-state index contributed by atoms with van der Waals surface area (Å²) < 4.78 is 2.82. The molecule has 1 amide bonds. The molecule has 0 radical (unpaired) electrons. The van der Waals surface area contributed by atoms with Crippen LogP contribution in [0.3, 0.4) is 0 Å². The Bertz CT molecular complexity index is 658. The van der Waals surface area contributed by atoms with E-state index in [0.717, 1.165) is 0 Å². The van der Waals surface area contributed by atoms with Gasteiger partial charge in [0.25, 0.3) is 5.91 Å². The number of hydrogen-bond donors (Lipinski definition) is 2. The maximum atomic E-state index is 12.0. The highest BCUT2D eigenvalue weighted by Gasteiger charge is 2.17. The molecule has 0 spiro atoms. The van der Waals surface area contributed by atoms with Gasteiger partial charge in [0.2, 0.25) is 0 Å². The van der Waals surface area contributed by atoms with Crippen LogP contribution >= 0.6 is 0 Å². The Balaban J connectivity index is 2.14. The lowest BCUT2D eigenvalue weighted by atomic mass is 10.3. The molecule has 0 saturated heterocycles. The summed E-state index contributed by atoms with van der Waals surface area (Å²) in [5.74, 6) is -1.42. The standard InChI is InChI=1S/C12H15N5O3/c1-7-10(6-16(3)14-7)13-11(18)9-4-5-17(15-9)8(2)12(19)20/h4-6,8H,1-3H3,(H,13,18)(H,19,20). The molecule has 106 valence electrons. The summed E-state index contributed by atoms with van der Waals surface area (Å²) in [6.07, 6.45) is 3.15. The lowest BCUT2D eigenvalue weighted by Crippen LogP contribution is -2.18. The second-order valence-corrected chi connectivity index (χ2v) is 4.45. The molecule has 2 N–H and O–H groups in total. The summed E-state index contributed by atoms with van der Waals surface area (Å²) in [7, 11) is 1.76. The van der Waals surface area contributed by atoms with E-state index in [-0.39, 0.29) is 5.69 Å². The fourth-order valence-corrected chi connectivity index (χ4v) is 1.70. The van der Waals surface area contributed by atoms with Crippen LogP contribution in [0.4, 0.5) is 5.69 Å². The summed E-state index contributed by atoms with van der Waals surface area (Å²) >= 11 is 0. The topological polar surface area (TPSA) is 102 Å². The second-order valence-electron chi connectivity index (χ2n) is 4.45. The Morgan fingerprint density at radius 1 is 1.40 bits per heavy atom. The van der Waals surface area contributed by atoms with E-state index < -0.39 is 17.9 Å². The molecule has 2 heterocycles. The largest absolute Gasteiger partial charge is 0.480 e. The van der Waals surface area contributed by atoms with Crippen LogP contribution in [-0.4, -0.2) is 36.5 Å². The summed E-state index contributed by atoms with van der Waals surface area (Å²) in [5, 5.41) is 19.6. The van der Waals surface area contributed by atoms with Gasteiger partial charge in [-0.2, -0.15) is 10.2 Å². The van der Waals surface area contributed by atoms with Gasteiger partial charge < -0.3 is 10.4 Å². The third kappa shape index (κ3) is 2.68. The minimum atomic E-state index is -1.01. The molecule has 8 nitrogen and oxygen atoms in total. The van der Waals surface area contributed by atoms with Gasteiger partial charge in [0.1, 0.15) is 6.04 Å². The van der Waals surface area contributed by atoms with E-state index in [1.165, 1.54) is 23.9 Å². The normalized spacial score (nSPS) is 12.2. The number of carboxylic acids is 1. The van der Waals surface area contributed by atoms with Crippen LogP contribution in [-0.2, 0) is 11.8 Å². The molecule has 8 heteroatoms. The number of carbonyl (C=O) groups excluding carboxylic acids is 1. The number of carbonyl (C=O) groups is 2. The molecule has 0 aromatic carbocycles. The van der Waals surface area contributed by atoms with Crippen molar-refractivity contribution in [1.82, 2.24) is 19.6 Å². The average Bonchev–Trinajstić information content (AvgIpc) is 2.96. The van der Waals surface area contributed by atoms with E-state index in [0.29, 0.717) is 11.4 Å². The molecule has 0 saturated carbocycles. The van der Waals surface area contributed by atoms with Crippen LogP contribution in [0.5, 0.6) is 0 Å². The molecular formula is C12H15N5O3. The maximum Gasteiger partial charge on any atom is 0.328 e. The Morgan fingerprint density at radius 2 is 2.10 bits per heavy atom. The number of aromatic nitrogens is 4. The number of anilines is 1. The third-order valence-electron chi connectivity index (χ3n) is 2.86. The summed E-state index contributed by atoms with van der Waals surface area (Å²) in [4.78, 5) is 22.9. The van der Waals surface area contributed by atoms with Crippen LogP contribution in [0.1, 0.15) is 29.1 Å². The highest BCUT2D eigenvalue weighted by atomic mass is 16.4. The molecule has 1 atom stereocenters. The van der Waals surface area contributed by atoms with Crippen LogP contribution < -0.4 is 5.32 Å². The zero-order valence-corrected chi connectivity index (χ0v) is 11.4. The minimum absolute atomic E-state index is 0.154. The van der Waals surface area contributed by atoms with E-state index in [2.05, 4.69) is 15.5 Å². The number of nitrogens with one attached hydrogen (secondary N) is 1. The first-order chi connectivity index (χ1) is 9.38. The lowest BCUT2D eigenvalue weighted by Gasteiger charge is -2.05. The number of aryl methyl sites for hydroxylation is 2. The van der Waals surface area contributed by atoms with Gasteiger partial charge in [-0.25, -0.2) is 4.79 Å². The van der Waals surface area contributed by atoms with Crippen molar-refractivity contribution in [2.24, 2.45) is 7.05 Å². The predicted molar refractivity (Wildman–Crippen MR) is 70.5 cm³/mol. The average molecular weight is 277 g/mol. The molecular weight excluding hydrogens is 262 g/mol. The first kappa shape index (κ1) is 13.8. The van der Waals surface area contributed by atoms with Crippen molar-refractivity contribution in [2.45, 2.75) is 19.9 Å². The molecule has 0 bridgehead atoms. The Hall–Kier alpha value is -2.64. The van der Waals surface area contributed by atoms with Gasteiger partial charge in [0.15, 0.2) is 5.69 Å². The molecule has 20 heavy (non-hydrogen) atoms. The van der Waals surface area contributed by atoms with Crippen molar-refractivity contribution in [3.8, 4) is 0 Å². The van der Waals surface area contributed by atoms with Crippen molar-refractivity contribution in [3.63, 3.8) is 0 Å². The Kier molecular flexibility index (Phi) is 3.55. The Morgan fingerprint density at radius 3 is 2.65 bits per heavy atom. The van der Waals surface area contributed by atoms with E-state index in [1.807, 2.05) is 0 Å². The van der Waals surface area contributed by atoms with Crippen molar-refractivity contribution in [2.75, 3.05) is 5.32 Å². The number of hydrogen-bond acceptors (Lipinski definition) is 4. The molecule has 0 fully saturated rings. The van der Waals surface area contributed by atoms with Gasteiger partial charge in [-0.3, -0.25) is 14.2 Å². The number of rotatable bonds is 4. The molecule has 0 aliphatic heterocycles. The fraction of sp³-hybridized carbons (Fsp3) is 0.333. The first-order valence-electron chi connectivity index (χ1n) is 5.98. The SMILES string of the molecule is Cc1nn(C)cc1NC(=O)c1ccn(C(C)C(=O)O)n1. The van der Waals surface area contributed by atoms with Crippen LogP contribution in [0.25, 0.3) is 0 Å². The lowest BCUT2D eigenvalue weighted by molar-refractivity contribution is -0.140. The molecule has 2 aromatic heterocycles. The van der Waals surface area contributed by atoms with Crippen LogP contribution in [0, 0.1) is 6.92 Å². The van der Waals surface area contributed by atoms with Crippen molar-refractivity contribution >= 4 is 17.6 Å². The Labute approximate surface area is 115 Å². The van der Waals surface area contributed by atoms with Gasteiger partial charge in [-0.15, -0.1) is 0 Å². The zero-order chi connectivity index (χ0) is 14.9. The number of carboxylic acid groups (broad SMARTS) is 1. The number of aliphatic carboxylic acids is 1. The van der Waals surface area contributed by atoms with Crippen molar-refractivity contribution in [1.29, 1.82) is 0 Å². The zero-order valence-electron chi connectivity index (χ0n) is 11.4. The maximum absolute atomic E-state index is 12.0. The summed E-state index contributed by atoms with van der Waals surface area (Å²) in [6, 6.07) is 0.650. The van der Waals surface area contributed by atoms with Gasteiger partial charge in [0, 0.05) is 19.4 Å². The van der Waals surface area contributed by atoms with Crippen LogP contribution in [0.2, 0.25) is 0 Å².